The fourth-order valence-corrected chi connectivity index (χ4v) is 2.44. The monoisotopic (exact) mass is 337 g/mol. The number of nitrogen functional groups attached to an aromatic ring is 1. The first-order chi connectivity index (χ1) is 9.49. The summed E-state index contributed by atoms with van der Waals surface area (Å²) in [5.41, 5.74) is 9.52. The van der Waals surface area contributed by atoms with E-state index in [0.29, 0.717) is 5.69 Å². The number of benzene rings is 1. The Labute approximate surface area is 126 Å². The molecule has 0 fully saturated rings. The second-order valence-corrected chi connectivity index (χ2v) is 5.54. The van der Waals surface area contributed by atoms with E-state index in [0.717, 1.165) is 39.9 Å². The molecule has 0 atom stereocenters. The van der Waals surface area contributed by atoms with Crippen molar-refractivity contribution in [2.24, 2.45) is 0 Å². The molecular formula is C15H17BrFN3. The minimum Gasteiger partial charge on any atom is -0.397 e. The molecule has 0 amide bonds. The predicted octanol–water partition coefficient (Wildman–Crippen LogP) is 3.84. The van der Waals surface area contributed by atoms with Gasteiger partial charge in [-0.1, -0.05) is 6.07 Å². The number of hydrogen-bond donors (Lipinski definition) is 2. The summed E-state index contributed by atoms with van der Waals surface area (Å²) >= 11 is 3.49. The number of nitrogens with one attached hydrogen (secondary N) is 1. The van der Waals surface area contributed by atoms with E-state index in [1.807, 2.05) is 19.9 Å². The number of hydrogen-bond acceptors (Lipinski definition) is 3. The molecule has 0 spiro atoms. The molecule has 1 aromatic heterocycles. The van der Waals surface area contributed by atoms with Crippen LogP contribution in [0.2, 0.25) is 0 Å². The van der Waals surface area contributed by atoms with Crippen molar-refractivity contribution in [2.45, 2.75) is 20.3 Å². The number of pyridine rings is 1. The Kier molecular flexibility index (Phi) is 4.60. The molecule has 0 radical (unpaired) electrons. The summed E-state index contributed by atoms with van der Waals surface area (Å²) in [6, 6.07) is 4.86. The number of nitrogens with zero attached hydrogens (tertiary/aromatic N) is 1. The number of aromatic nitrogens is 1. The zero-order valence-electron chi connectivity index (χ0n) is 11.5. The van der Waals surface area contributed by atoms with Gasteiger partial charge < -0.3 is 11.1 Å². The second-order valence-electron chi connectivity index (χ2n) is 4.75. The highest BCUT2D eigenvalue weighted by Gasteiger charge is 2.07. The summed E-state index contributed by atoms with van der Waals surface area (Å²) in [5, 5.41) is 3.26. The van der Waals surface area contributed by atoms with Crippen LogP contribution in [0.4, 0.5) is 15.9 Å². The maximum atomic E-state index is 13.0. The molecule has 2 aromatic rings. The van der Waals surface area contributed by atoms with Gasteiger partial charge in [-0.3, -0.25) is 0 Å². The molecule has 3 N–H and O–H groups in total. The maximum Gasteiger partial charge on any atom is 0.140 e. The first-order valence-electron chi connectivity index (χ1n) is 6.38. The van der Waals surface area contributed by atoms with Gasteiger partial charge in [-0.15, -0.1) is 0 Å². The molecule has 0 saturated heterocycles. The van der Waals surface area contributed by atoms with Crippen molar-refractivity contribution < 1.29 is 4.39 Å². The predicted molar refractivity (Wildman–Crippen MR) is 84.4 cm³/mol. The fraction of sp³-hybridized carbons (Fsp3) is 0.267. The zero-order valence-corrected chi connectivity index (χ0v) is 13.1. The summed E-state index contributed by atoms with van der Waals surface area (Å²) in [6.45, 7) is 4.58. The van der Waals surface area contributed by atoms with Crippen molar-refractivity contribution >= 4 is 27.4 Å². The van der Waals surface area contributed by atoms with Crippen molar-refractivity contribution in [3.8, 4) is 0 Å². The Morgan fingerprint density at radius 2 is 2.10 bits per heavy atom. The maximum absolute atomic E-state index is 13.0. The number of anilines is 2. The SMILES string of the molecule is Cc1cc(F)ccc1CCNc1ncc(N)c(C)c1Br. The molecule has 0 aliphatic heterocycles. The lowest BCUT2D eigenvalue weighted by atomic mass is 10.1. The average molecular weight is 338 g/mol. The van der Waals surface area contributed by atoms with Crippen LogP contribution in [0.1, 0.15) is 16.7 Å². The first kappa shape index (κ1) is 14.8. The summed E-state index contributed by atoms with van der Waals surface area (Å²) in [7, 11) is 0. The van der Waals surface area contributed by atoms with Gasteiger partial charge in [-0.05, 0) is 65.0 Å². The molecule has 20 heavy (non-hydrogen) atoms. The van der Waals surface area contributed by atoms with Crippen LogP contribution in [0.25, 0.3) is 0 Å². The van der Waals surface area contributed by atoms with Crippen LogP contribution in [0.5, 0.6) is 0 Å². The molecule has 0 saturated carbocycles. The Bertz CT molecular complexity index is 629. The molecule has 3 nitrogen and oxygen atoms in total. The minimum atomic E-state index is -0.197. The Balaban J connectivity index is 2.01. The molecule has 0 bridgehead atoms. The molecule has 0 aliphatic rings. The van der Waals surface area contributed by atoms with Crippen LogP contribution in [-0.4, -0.2) is 11.5 Å². The van der Waals surface area contributed by atoms with E-state index >= 15 is 0 Å². The van der Waals surface area contributed by atoms with E-state index < -0.39 is 0 Å². The van der Waals surface area contributed by atoms with Gasteiger partial charge in [0.05, 0.1) is 16.4 Å². The van der Waals surface area contributed by atoms with Gasteiger partial charge in [0.15, 0.2) is 0 Å². The summed E-state index contributed by atoms with van der Waals surface area (Å²) in [5.74, 6) is 0.578. The summed E-state index contributed by atoms with van der Waals surface area (Å²) in [4.78, 5) is 4.26. The van der Waals surface area contributed by atoms with Gasteiger partial charge in [0, 0.05) is 6.54 Å². The van der Waals surface area contributed by atoms with E-state index in [1.54, 1.807) is 12.3 Å². The third-order valence-corrected chi connectivity index (χ3v) is 4.26. The van der Waals surface area contributed by atoms with E-state index in [-0.39, 0.29) is 5.82 Å². The van der Waals surface area contributed by atoms with Gasteiger partial charge >= 0.3 is 0 Å². The van der Waals surface area contributed by atoms with Crippen molar-refractivity contribution in [2.75, 3.05) is 17.6 Å². The largest absolute Gasteiger partial charge is 0.397 e. The smallest absolute Gasteiger partial charge is 0.140 e. The molecule has 1 heterocycles. The molecule has 0 aliphatic carbocycles. The Morgan fingerprint density at radius 1 is 1.35 bits per heavy atom. The molecule has 106 valence electrons. The Hall–Kier alpha value is -1.62. The quantitative estimate of drug-likeness (QED) is 0.891. The average Bonchev–Trinajstić information content (AvgIpc) is 2.41. The van der Waals surface area contributed by atoms with Crippen molar-refractivity contribution in [1.82, 2.24) is 4.98 Å². The first-order valence-corrected chi connectivity index (χ1v) is 7.18. The summed E-state index contributed by atoms with van der Waals surface area (Å²) < 4.78 is 13.9. The number of aryl methyl sites for hydroxylation is 1. The van der Waals surface area contributed by atoms with Crippen molar-refractivity contribution in [1.29, 1.82) is 0 Å². The lowest BCUT2D eigenvalue weighted by Gasteiger charge is -2.11. The van der Waals surface area contributed by atoms with Crippen LogP contribution < -0.4 is 11.1 Å². The van der Waals surface area contributed by atoms with E-state index in [1.165, 1.54) is 6.07 Å². The van der Waals surface area contributed by atoms with Crippen LogP contribution in [0.15, 0.2) is 28.9 Å². The van der Waals surface area contributed by atoms with Crippen LogP contribution >= 0.6 is 15.9 Å². The molecule has 5 heteroatoms. The number of rotatable bonds is 4. The molecule has 2 rings (SSSR count). The zero-order chi connectivity index (χ0) is 14.7. The topological polar surface area (TPSA) is 50.9 Å². The normalized spacial score (nSPS) is 10.6. The highest BCUT2D eigenvalue weighted by molar-refractivity contribution is 9.10. The van der Waals surface area contributed by atoms with Crippen LogP contribution in [0.3, 0.4) is 0 Å². The second kappa shape index (κ2) is 6.22. The molecular weight excluding hydrogens is 321 g/mol. The standard InChI is InChI=1S/C15H17BrFN3/c1-9-7-12(17)4-3-11(9)5-6-19-15-14(16)10(2)13(18)8-20-15/h3-4,7-8H,5-6,18H2,1-2H3,(H,19,20). The van der Waals surface area contributed by atoms with Gasteiger partial charge in [-0.2, -0.15) is 0 Å². The van der Waals surface area contributed by atoms with Crippen molar-refractivity contribution in [3.05, 3.63) is 51.4 Å². The van der Waals surface area contributed by atoms with Crippen LogP contribution in [0, 0.1) is 19.7 Å². The molecule has 0 unspecified atom stereocenters. The number of nitrogens with two attached hydrogens (primary N) is 1. The van der Waals surface area contributed by atoms with E-state index in [4.69, 9.17) is 5.73 Å². The Morgan fingerprint density at radius 3 is 2.80 bits per heavy atom. The third kappa shape index (κ3) is 3.28. The lowest BCUT2D eigenvalue weighted by Crippen LogP contribution is -2.09. The minimum absolute atomic E-state index is 0.197. The van der Waals surface area contributed by atoms with Gasteiger partial charge in [0.2, 0.25) is 0 Å². The lowest BCUT2D eigenvalue weighted by molar-refractivity contribution is 0.625. The van der Waals surface area contributed by atoms with E-state index in [9.17, 15) is 4.39 Å². The van der Waals surface area contributed by atoms with Gasteiger partial charge in [-0.25, -0.2) is 9.37 Å². The molecule has 1 aromatic carbocycles. The third-order valence-electron chi connectivity index (χ3n) is 3.29. The van der Waals surface area contributed by atoms with Gasteiger partial charge in [0.25, 0.3) is 0 Å². The van der Waals surface area contributed by atoms with Crippen molar-refractivity contribution in [3.63, 3.8) is 0 Å². The summed E-state index contributed by atoms with van der Waals surface area (Å²) in [6.07, 6.45) is 2.45. The van der Waals surface area contributed by atoms with Crippen LogP contribution in [-0.2, 0) is 6.42 Å². The number of halogens is 2. The van der Waals surface area contributed by atoms with E-state index in [2.05, 4.69) is 26.2 Å². The highest BCUT2D eigenvalue weighted by Crippen LogP contribution is 2.27. The fourth-order valence-electron chi connectivity index (χ4n) is 1.97. The highest BCUT2D eigenvalue weighted by atomic mass is 79.9. The van der Waals surface area contributed by atoms with Gasteiger partial charge in [0.1, 0.15) is 11.6 Å².